The minimum Gasteiger partial charge on any atom is -0.462 e. The van der Waals surface area contributed by atoms with Crippen molar-refractivity contribution in [1.82, 2.24) is 0 Å². The van der Waals surface area contributed by atoms with Crippen LogP contribution in [0.1, 0.15) is 114 Å². The van der Waals surface area contributed by atoms with Gasteiger partial charge in [-0.1, -0.05) is 38.8 Å². The summed E-state index contributed by atoms with van der Waals surface area (Å²) in [4.78, 5) is 12.5. The maximum atomic E-state index is 15.1. The van der Waals surface area contributed by atoms with E-state index in [2.05, 4.69) is 6.92 Å². The van der Waals surface area contributed by atoms with E-state index < -0.39 is 47.2 Å². The van der Waals surface area contributed by atoms with Crippen molar-refractivity contribution < 1.29 is 27.1 Å². The van der Waals surface area contributed by atoms with Gasteiger partial charge in [0.25, 0.3) is 0 Å². The second-order valence-corrected chi connectivity index (χ2v) is 11.0. The number of allylic oxidation sites excluding steroid dienone is 1. The van der Waals surface area contributed by atoms with Crippen LogP contribution in [0.2, 0.25) is 0 Å². The summed E-state index contributed by atoms with van der Waals surface area (Å²) in [7, 11) is 0. The van der Waals surface area contributed by atoms with E-state index in [4.69, 9.17) is 4.74 Å². The summed E-state index contributed by atoms with van der Waals surface area (Å²) in [6, 6.07) is 3.52. The Balaban J connectivity index is 1.33. The molecule has 2 atom stereocenters. The molecule has 1 aromatic rings. The normalized spacial score (nSPS) is 31.9. The Hall–Kier alpha value is -1.85. The predicted molar refractivity (Wildman–Crippen MR) is 128 cm³/mol. The molecule has 0 heterocycles. The maximum absolute atomic E-state index is 15.1. The molecule has 3 aliphatic rings. The minimum atomic E-state index is -1.17. The van der Waals surface area contributed by atoms with Crippen LogP contribution in [-0.4, -0.2) is 12.1 Å². The van der Waals surface area contributed by atoms with Crippen molar-refractivity contribution in [3.8, 4) is 0 Å². The first-order valence-electron chi connectivity index (χ1n) is 13.5. The number of carbonyl (C=O) groups excluding carboxylic acids is 1. The quantitative estimate of drug-likeness (QED) is 0.292. The largest absolute Gasteiger partial charge is 0.462 e. The fourth-order valence-corrected chi connectivity index (χ4v) is 6.41. The van der Waals surface area contributed by atoms with Crippen molar-refractivity contribution in [1.29, 1.82) is 0 Å². The topological polar surface area (TPSA) is 26.3 Å². The van der Waals surface area contributed by atoms with Gasteiger partial charge in [0.15, 0.2) is 11.6 Å². The Bertz CT molecular complexity index is 927. The Morgan fingerprint density at radius 2 is 1.34 bits per heavy atom. The highest BCUT2D eigenvalue weighted by atomic mass is 19.2. The van der Waals surface area contributed by atoms with E-state index in [9.17, 15) is 13.6 Å². The van der Waals surface area contributed by atoms with Gasteiger partial charge in [0.2, 0.25) is 0 Å². The molecule has 2 fully saturated rings. The summed E-state index contributed by atoms with van der Waals surface area (Å²) in [6.07, 6.45) is 8.73. The minimum absolute atomic E-state index is 0.0869. The van der Waals surface area contributed by atoms with Crippen LogP contribution in [0.25, 0.3) is 0 Å². The van der Waals surface area contributed by atoms with Crippen LogP contribution in [0.5, 0.6) is 0 Å². The van der Waals surface area contributed by atoms with Gasteiger partial charge < -0.3 is 4.74 Å². The molecule has 2 unspecified atom stereocenters. The van der Waals surface area contributed by atoms with Crippen LogP contribution in [0.3, 0.4) is 0 Å². The monoisotopic (exact) mass is 494 g/mol. The number of halogens is 4. The average molecular weight is 495 g/mol. The third-order valence-corrected chi connectivity index (χ3v) is 8.66. The third-order valence-electron chi connectivity index (χ3n) is 8.66. The highest BCUT2D eigenvalue weighted by Crippen LogP contribution is 2.42. The van der Waals surface area contributed by atoms with Gasteiger partial charge in [0, 0.05) is 5.92 Å². The summed E-state index contributed by atoms with van der Waals surface area (Å²) >= 11 is 0. The van der Waals surface area contributed by atoms with E-state index in [1.54, 1.807) is 19.1 Å². The van der Waals surface area contributed by atoms with E-state index in [1.807, 2.05) is 0 Å². The van der Waals surface area contributed by atoms with Crippen LogP contribution in [0.15, 0.2) is 23.8 Å². The van der Waals surface area contributed by atoms with Crippen LogP contribution >= 0.6 is 0 Å². The predicted octanol–water partition coefficient (Wildman–Crippen LogP) is 8.80. The van der Waals surface area contributed by atoms with E-state index in [0.29, 0.717) is 49.1 Å². The van der Waals surface area contributed by atoms with Gasteiger partial charge in [-0.3, -0.25) is 4.79 Å². The van der Waals surface area contributed by atoms with Gasteiger partial charge in [0.05, 0.1) is 0 Å². The number of rotatable bonds is 6. The molecule has 6 heteroatoms. The van der Waals surface area contributed by atoms with E-state index >= 15 is 8.78 Å². The molecule has 0 aromatic heterocycles. The highest BCUT2D eigenvalue weighted by molar-refractivity contribution is 5.75. The molecule has 2 nitrogen and oxygen atoms in total. The first kappa shape index (κ1) is 26.2. The van der Waals surface area contributed by atoms with E-state index in [-0.39, 0.29) is 18.3 Å². The number of carbonyl (C=O) groups is 1. The van der Waals surface area contributed by atoms with Gasteiger partial charge in [-0.2, -0.15) is 0 Å². The summed E-state index contributed by atoms with van der Waals surface area (Å²) < 4.78 is 63.8. The van der Waals surface area contributed by atoms with Crippen LogP contribution in [0.4, 0.5) is 17.6 Å². The van der Waals surface area contributed by atoms with Gasteiger partial charge in [-0.05, 0) is 93.1 Å². The van der Waals surface area contributed by atoms with E-state index in [1.165, 1.54) is 12.8 Å². The summed E-state index contributed by atoms with van der Waals surface area (Å²) in [5, 5.41) is 0. The van der Waals surface area contributed by atoms with Crippen molar-refractivity contribution in [2.45, 2.75) is 109 Å². The maximum Gasteiger partial charge on any atom is 0.316 e. The van der Waals surface area contributed by atoms with Crippen molar-refractivity contribution in [2.75, 3.05) is 0 Å². The SMILES string of the molecule is CCCC1CCC(c2ccc(C3CCC(OC(=O)C4CCC(C)C(F)=C4F)CC3)c(F)c2F)CC1. The number of benzene rings is 1. The van der Waals surface area contributed by atoms with Crippen LogP contribution < -0.4 is 0 Å². The molecule has 2 saturated carbocycles. The summed E-state index contributed by atoms with van der Waals surface area (Å²) in [6.45, 7) is 3.79. The second-order valence-electron chi connectivity index (χ2n) is 11.0. The zero-order valence-corrected chi connectivity index (χ0v) is 20.9. The van der Waals surface area contributed by atoms with Crippen LogP contribution in [-0.2, 0) is 9.53 Å². The fraction of sp³-hybridized carbons (Fsp3) is 0.690. The van der Waals surface area contributed by atoms with Crippen molar-refractivity contribution in [2.24, 2.45) is 17.8 Å². The Morgan fingerprint density at radius 3 is 1.89 bits per heavy atom. The Labute approximate surface area is 206 Å². The smallest absolute Gasteiger partial charge is 0.316 e. The molecule has 0 spiro atoms. The number of ether oxygens (including phenoxy) is 1. The highest BCUT2D eigenvalue weighted by Gasteiger charge is 2.37. The van der Waals surface area contributed by atoms with Gasteiger partial charge in [-0.15, -0.1) is 0 Å². The lowest BCUT2D eigenvalue weighted by Gasteiger charge is -2.31. The Kier molecular flexibility index (Phi) is 8.59. The molecule has 0 radical (unpaired) electrons. The zero-order chi connectivity index (χ0) is 25.1. The standard InChI is InChI=1S/C29H38F4O2/c1-3-4-18-6-8-19(9-7-18)22-15-16-23(27(32)26(22)31)20-10-12-21(13-11-20)35-29(34)24-14-5-17(2)25(30)28(24)33/h15-21,24H,3-14H2,1-2H3. The van der Waals surface area contributed by atoms with Crippen molar-refractivity contribution in [3.05, 3.63) is 46.5 Å². The molecular weight excluding hydrogens is 456 g/mol. The Morgan fingerprint density at radius 1 is 0.800 bits per heavy atom. The molecule has 0 N–H and O–H groups in total. The lowest BCUT2D eigenvalue weighted by molar-refractivity contribution is -0.155. The molecule has 1 aromatic carbocycles. The number of hydrogen-bond acceptors (Lipinski definition) is 2. The lowest BCUT2D eigenvalue weighted by Crippen LogP contribution is -2.30. The summed E-state index contributed by atoms with van der Waals surface area (Å²) in [5.41, 5.74) is 0.904. The molecule has 35 heavy (non-hydrogen) atoms. The summed E-state index contributed by atoms with van der Waals surface area (Å²) in [5.74, 6) is -5.03. The first-order chi connectivity index (χ1) is 16.8. The number of esters is 1. The van der Waals surface area contributed by atoms with Crippen molar-refractivity contribution >= 4 is 5.97 Å². The van der Waals surface area contributed by atoms with Gasteiger partial charge >= 0.3 is 5.97 Å². The lowest BCUT2D eigenvalue weighted by atomic mass is 9.76. The molecule has 0 aliphatic heterocycles. The van der Waals surface area contributed by atoms with E-state index in [0.717, 1.165) is 25.7 Å². The molecule has 194 valence electrons. The zero-order valence-electron chi connectivity index (χ0n) is 20.9. The van der Waals surface area contributed by atoms with Gasteiger partial charge in [0.1, 0.15) is 23.7 Å². The molecule has 3 aliphatic carbocycles. The second kappa shape index (κ2) is 11.5. The molecule has 0 bridgehead atoms. The van der Waals surface area contributed by atoms with Crippen LogP contribution in [0, 0.1) is 29.4 Å². The van der Waals surface area contributed by atoms with Crippen molar-refractivity contribution in [3.63, 3.8) is 0 Å². The number of hydrogen-bond donors (Lipinski definition) is 0. The molecule has 0 saturated heterocycles. The first-order valence-corrected chi connectivity index (χ1v) is 13.5. The molecule has 0 amide bonds. The van der Waals surface area contributed by atoms with Gasteiger partial charge in [-0.25, -0.2) is 17.6 Å². The molecular formula is C29H38F4O2. The average Bonchev–Trinajstić information content (AvgIpc) is 2.86. The molecule has 4 rings (SSSR count). The fourth-order valence-electron chi connectivity index (χ4n) is 6.41. The third kappa shape index (κ3) is 5.77.